The monoisotopic (exact) mass is 504 g/mol. The molecule has 1 saturated carbocycles. The van der Waals surface area contributed by atoms with Crippen LogP contribution in [0.25, 0.3) is 0 Å². The number of pyridine rings is 1. The summed E-state index contributed by atoms with van der Waals surface area (Å²) in [6.45, 7) is 8.63. The van der Waals surface area contributed by atoms with Gasteiger partial charge in [-0.1, -0.05) is 61.7 Å². The van der Waals surface area contributed by atoms with Gasteiger partial charge in [0.25, 0.3) is 0 Å². The molecule has 0 N–H and O–H groups in total. The summed E-state index contributed by atoms with van der Waals surface area (Å²) in [6, 6.07) is 20.8. The highest BCUT2D eigenvalue weighted by atomic mass is 16.7. The molecule has 0 saturated heterocycles. The van der Waals surface area contributed by atoms with Gasteiger partial charge in [-0.15, -0.1) is 0 Å². The highest BCUT2D eigenvalue weighted by Crippen LogP contribution is 2.48. The van der Waals surface area contributed by atoms with Crippen molar-refractivity contribution in [2.75, 3.05) is 24.9 Å². The Morgan fingerprint density at radius 2 is 1.51 bits per heavy atom. The van der Waals surface area contributed by atoms with Crippen LogP contribution in [-0.4, -0.2) is 24.8 Å². The molecule has 4 rings (SSSR count). The largest absolute Gasteiger partial charge is 0.494 e. The molecule has 1 aliphatic rings. The minimum Gasteiger partial charge on any atom is -0.494 e. The zero-order chi connectivity index (χ0) is 25.9. The van der Waals surface area contributed by atoms with Crippen LogP contribution in [0.3, 0.4) is 0 Å². The van der Waals surface area contributed by atoms with Gasteiger partial charge in [-0.25, -0.2) is 5.06 Å². The SMILES string of the molecule is CCOCc1nccc(N(OCc2ccccc2)C2(c3ccc(OCC)cc3)CCCCC2)c1OCC. The second-order valence-corrected chi connectivity index (χ2v) is 9.28. The van der Waals surface area contributed by atoms with E-state index in [2.05, 4.69) is 46.4 Å². The number of anilines is 1. The van der Waals surface area contributed by atoms with Crippen LogP contribution in [0, 0.1) is 0 Å². The van der Waals surface area contributed by atoms with Crippen molar-refractivity contribution in [2.45, 2.75) is 71.6 Å². The van der Waals surface area contributed by atoms with E-state index in [4.69, 9.17) is 19.0 Å². The smallest absolute Gasteiger partial charge is 0.168 e. The predicted molar refractivity (Wildman–Crippen MR) is 147 cm³/mol. The second kappa shape index (κ2) is 13.5. The van der Waals surface area contributed by atoms with E-state index >= 15 is 0 Å². The number of benzene rings is 2. The number of aromatic nitrogens is 1. The first-order chi connectivity index (χ1) is 18.2. The van der Waals surface area contributed by atoms with E-state index in [9.17, 15) is 0 Å². The number of hydrogen-bond donors (Lipinski definition) is 0. The Balaban J connectivity index is 1.82. The van der Waals surface area contributed by atoms with Crippen molar-refractivity contribution in [1.29, 1.82) is 0 Å². The Labute approximate surface area is 221 Å². The van der Waals surface area contributed by atoms with E-state index in [1.807, 2.05) is 51.2 Å². The van der Waals surface area contributed by atoms with Gasteiger partial charge in [0.05, 0.1) is 32.0 Å². The van der Waals surface area contributed by atoms with Gasteiger partial charge < -0.3 is 14.2 Å². The fraction of sp³-hybridized carbons (Fsp3) is 0.452. The summed E-state index contributed by atoms with van der Waals surface area (Å²) in [7, 11) is 0. The van der Waals surface area contributed by atoms with E-state index in [1.165, 1.54) is 12.0 Å². The Morgan fingerprint density at radius 1 is 0.784 bits per heavy atom. The summed E-state index contributed by atoms with van der Waals surface area (Å²) in [4.78, 5) is 11.4. The highest BCUT2D eigenvalue weighted by Gasteiger charge is 2.43. The van der Waals surface area contributed by atoms with Gasteiger partial charge in [-0.2, -0.15) is 0 Å². The summed E-state index contributed by atoms with van der Waals surface area (Å²) < 4.78 is 17.7. The summed E-state index contributed by atoms with van der Waals surface area (Å²) >= 11 is 0. The fourth-order valence-electron chi connectivity index (χ4n) is 5.15. The molecule has 0 spiro atoms. The molecule has 1 heterocycles. The normalized spacial score (nSPS) is 14.8. The van der Waals surface area contributed by atoms with E-state index in [-0.39, 0.29) is 5.54 Å². The van der Waals surface area contributed by atoms with Gasteiger partial charge in [0.2, 0.25) is 0 Å². The standard InChI is InChI=1S/C31H40N2O4/c1-4-34-24-28-30(36-6-3)29(19-22-32-28)33(37-23-25-13-9-7-10-14-25)31(20-11-8-12-21-31)26-15-17-27(18-16-26)35-5-2/h7,9-10,13-19,22H,4-6,8,11-12,20-21,23-24H2,1-3H3. The van der Waals surface area contributed by atoms with Crippen LogP contribution < -0.4 is 14.5 Å². The third kappa shape index (κ3) is 6.43. The van der Waals surface area contributed by atoms with E-state index in [1.54, 1.807) is 0 Å². The lowest BCUT2D eigenvalue weighted by atomic mass is 9.76. The number of hydrogen-bond acceptors (Lipinski definition) is 6. The van der Waals surface area contributed by atoms with Gasteiger partial charge in [-0.3, -0.25) is 9.82 Å². The quantitative estimate of drug-likeness (QED) is 0.229. The minimum absolute atomic E-state index is 0.353. The first kappa shape index (κ1) is 27.0. The molecule has 0 atom stereocenters. The molecule has 0 aliphatic heterocycles. The predicted octanol–water partition coefficient (Wildman–Crippen LogP) is 7.21. The molecular weight excluding hydrogens is 464 g/mol. The molecule has 6 nitrogen and oxygen atoms in total. The maximum atomic E-state index is 6.79. The molecule has 1 aromatic heterocycles. The van der Waals surface area contributed by atoms with Gasteiger partial charge in [0.15, 0.2) is 5.75 Å². The number of rotatable bonds is 13. The number of ether oxygens (including phenoxy) is 3. The van der Waals surface area contributed by atoms with Crippen molar-refractivity contribution in [2.24, 2.45) is 0 Å². The van der Waals surface area contributed by atoms with Crippen molar-refractivity contribution in [3.05, 3.63) is 83.7 Å². The molecule has 37 heavy (non-hydrogen) atoms. The zero-order valence-electron chi connectivity index (χ0n) is 22.4. The Morgan fingerprint density at radius 3 is 2.19 bits per heavy atom. The van der Waals surface area contributed by atoms with Crippen molar-refractivity contribution in [3.63, 3.8) is 0 Å². The van der Waals surface area contributed by atoms with E-state index in [0.717, 1.165) is 54.1 Å². The first-order valence-corrected chi connectivity index (χ1v) is 13.6. The van der Waals surface area contributed by atoms with Crippen molar-refractivity contribution in [3.8, 4) is 11.5 Å². The number of nitrogens with zero attached hydrogens (tertiary/aromatic N) is 2. The maximum absolute atomic E-state index is 6.79. The van der Waals surface area contributed by atoms with Crippen LogP contribution in [-0.2, 0) is 28.3 Å². The number of hydroxylamine groups is 1. The van der Waals surface area contributed by atoms with Crippen LogP contribution in [0.15, 0.2) is 66.9 Å². The average Bonchev–Trinajstić information content (AvgIpc) is 2.95. The van der Waals surface area contributed by atoms with E-state index < -0.39 is 0 Å². The molecule has 0 radical (unpaired) electrons. The van der Waals surface area contributed by atoms with Crippen LogP contribution in [0.4, 0.5) is 5.69 Å². The molecule has 0 unspecified atom stereocenters. The molecule has 2 aromatic carbocycles. The molecule has 198 valence electrons. The van der Waals surface area contributed by atoms with Gasteiger partial charge in [0, 0.05) is 12.8 Å². The molecule has 6 heteroatoms. The summed E-state index contributed by atoms with van der Waals surface area (Å²) in [5, 5.41) is 2.12. The molecule has 0 amide bonds. The average molecular weight is 505 g/mol. The molecule has 3 aromatic rings. The first-order valence-electron chi connectivity index (χ1n) is 13.6. The summed E-state index contributed by atoms with van der Waals surface area (Å²) in [6.07, 6.45) is 7.25. The Kier molecular flexibility index (Phi) is 9.80. The summed E-state index contributed by atoms with van der Waals surface area (Å²) in [5.74, 6) is 1.61. The van der Waals surface area contributed by atoms with Crippen LogP contribution >= 0.6 is 0 Å². The third-order valence-electron chi connectivity index (χ3n) is 6.88. The second-order valence-electron chi connectivity index (χ2n) is 9.28. The molecule has 1 fully saturated rings. The molecule has 0 bridgehead atoms. The lowest BCUT2D eigenvalue weighted by molar-refractivity contribution is 0.0188. The maximum Gasteiger partial charge on any atom is 0.168 e. The van der Waals surface area contributed by atoms with Gasteiger partial charge in [0.1, 0.15) is 17.1 Å². The van der Waals surface area contributed by atoms with Gasteiger partial charge in [-0.05, 0) is 62.9 Å². The lowest BCUT2D eigenvalue weighted by Crippen LogP contribution is -2.48. The fourth-order valence-corrected chi connectivity index (χ4v) is 5.15. The lowest BCUT2D eigenvalue weighted by Gasteiger charge is -2.47. The highest BCUT2D eigenvalue weighted by molar-refractivity contribution is 5.61. The minimum atomic E-state index is -0.353. The van der Waals surface area contributed by atoms with Gasteiger partial charge >= 0.3 is 0 Å². The zero-order valence-corrected chi connectivity index (χ0v) is 22.4. The van der Waals surface area contributed by atoms with Crippen LogP contribution in [0.2, 0.25) is 0 Å². The van der Waals surface area contributed by atoms with Crippen LogP contribution in [0.5, 0.6) is 11.5 Å². The van der Waals surface area contributed by atoms with Crippen LogP contribution in [0.1, 0.15) is 69.7 Å². The van der Waals surface area contributed by atoms with E-state index in [0.29, 0.717) is 33.0 Å². The van der Waals surface area contributed by atoms with Crippen molar-refractivity contribution in [1.82, 2.24) is 4.98 Å². The Hall–Kier alpha value is -3.09. The topological polar surface area (TPSA) is 53.1 Å². The third-order valence-corrected chi connectivity index (χ3v) is 6.88. The van der Waals surface area contributed by atoms with Crippen molar-refractivity contribution < 1.29 is 19.0 Å². The molecule has 1 aliphatic carbocycles. The Bertz CT molecular complexity index is 1080. The van der Waals surface area contributed by atoms with Crippen molar-refractivity contribution >= 4 is 5.69 Å². The molecular formula is C31H40N2O4. The summed E-state index contributed by atoms with van der Waals surface area (Å²) in [5.41, 5.74) is 3.65.